The van der Waals surface area contributed by atoms with E-state index in [1.807, 2.05) is 29.2 Å². The van der Waals surface area contributed by atoms with Gasteiger partial charge in [0.25, 0.3) is 0 Å². The number of nitrogen functional groups attached to an aromatic ring is 1. The van der Waals surface area contributed by atoms with Gasteiger partial charge >= 0.3 is 0 Å². The number of hydrogen-bond donors (Lipinski definition) is 1. The van der Waals surface area contributed by atoms with Crippen LogP contribution in [0.3, 0.4) is 0 Å². The molecule has 1 saturated carbocycles. The summed E-state index contributed by atoms with van der Waals surface area (Å²) in [6.07, 6.45) is 2.00. The number of amides is 1. The lowest BCUT2D eigenvalue weighted by Gasteiger charge is -2.23. The van der Waals surface area contributed by atoms with Crippen LogP contribution in [0.2, 0.25) is 0 Å². The molecule has 0 heterocycles. The van der Waals surface area contributed by atoms with Crippen molar-refractivity contribution in [1.82, 2.24) is 4.90 Å². The maximum atomic E-state index is 12.5. The number of rotatable bonds is 5. The Kier molecular flexibility index (Phi) is 3.83. The van der Waals surface area contributed by atoms with Crippen molar-refractivity contribution in [2.45, 2.75) is 40.2 Å². The summed E-state index contributed by atoms with van der Waals surface area (Å²) in [4.78, 5) is 14.5. The Morgan fingerprint density at radius 1 is 1.47 bits per heavy atom. The summed E-state index contributed by atoms with van der Waals surface area (Å²) in [5.74, 6) is 0.509. The van der Waals surface area contributed by atoms with Gasteiger partial charge in [0.2, 0.25) is 5.91 Å². The average molecular weight is 260 g/mol. The number of carbonyl (C=O) groups excluding carboxylic acids is 1. The van der Waals surface area contributed by atoms with Crippen LogP contribution in [0.25, 0.3) is 0 Å². The summed E-state index contributed by atoms with van der Waals surface area (Å²) in [5.41, 5.74) is 7.86. The fourth-order valence-corrected chi connectivity index (χ4v) is 2.56. The topological polar surface area (TPSA) is 46.3 Å². The first kappa shape index (κ1) is 13.9. The highest BCUT2D eigenvalue weighted by atomic mass is 16.2. The van der Waals surface area contributed by atoms with Gasteiger partial charge in [0.1, 0.15) is 0 Å². The summed E-state index contributed by atoms with van der Waals surface area (Å²) < 4.78 is 0. The number of nitrogens with zero attached hydrogens (tertiary/aromatic N) is 1. The Morgan fingerprint density at radius 3 is 2.68 bits per heavy atom. The van der Waals surface area contributed by atoms with Gasteiger partial charge in [-0.2, -0.15) is 0 Å². The third kappa shape index (κ3) is 3.28. The Morgan fingerprint density at radius 2 is 2.16 bits per heavy atom. The van der Waals surface area contributed by atoms with E-state index in [2.05, 4.69) is 20.8 Å². The van der Waals surface area contributed by atoms with Crippen LogP contribution in [0, 0.1) is 11.3 Å². The van der Waals surface area contributed by atoms with Crippen LogP contribution < -0.4 is 5.73 Å². The van der Waals surface area contributed by atoms with E-state index in [0.29, 0.717) is 12.5 Å². The van der Waals surface area contributed by atoms with Gasteiger partial charge < -0.3 is 10.6 Å². The molecule has 1 aliphatic rings. The summed E-state index contributed by atoms with van der Waals surface area (Å²) in [7, 11) is 0. The van der Waals surface area contributed by atoms with Gasteiger partial charge in [-0.3, -0.25) is 4.79 Å². The highest BCUT2D eigenvalue weighted by Crippen LogP contribution is 2.52. The number of hydrogen-bond acceptors (Lipinski definition) is 2. The van der Waals surface area contributed by atoms with Gasteiger partial charge in [0, 0.05) is 24.7 Å². The zero-order valence-electron chi connectivity index (χ0n) is 12.1. The number of benzene rings is 1. The number of carbonyl (C=O) groups is 1. The number of nitrogens with two attached hydrogens (primary N) is 1. The molecule has 0 radical (unpaired) electrons. The molecule has 3 nitrogen and oxygen atoms in total. The molecule has 1 fully saturated rings. The van der Waals surface area contributed by atoms with E-state index >= 15 is 0 Å². The highest BCUT2D eigenvalue weighted by molar-refractivity contribution is 5.82. The van der Waals surface area contributed by atoms with Gasteiger partial charge in [-0.05, 0) is 36.0 Å². The molecule has 0 spiro atoms. The third-order valence-corrected chi connectivity index (χ3v) is 3.94. The predicted molar refractivity (Wildman–Crippen MR) is 78.5 cm³/mol. The Labute approximate surface area is 115 Å². The van der Waals surface area contributed by atoms with Gasteiger partial charge in [0.05, 0.1) is 0 Å². The standard InChI is InChI=1S/C16H24N2O/c1-4-8-18(15(19)14-10-16(14,2)3)11-12-6-5-7-13(17)9-12/h5-7,9,14H,4,8,10-11,17H2,1-3H3. The van der Waals surface area contributed by atoms with E-state index in [1.54, 1.807) is 0 Å². The van der Waals surface area contributed by atoms with Gasteiger partial charge in [-0.15, -0.1) is 0 Å². The molecule has 1 atom stereocenters. The zero-order chi connectivity index (χ0) is 14.0. The molecule has 19 heavy (non-hydrogen) atoms. The quantitative estimate of drug-likeness (QED) is 0.827. The van der Waals surface area contributed by atoms with Crippen LogP contribution in [0.1, 0.15) is 39.2 Å². The van der Waals surface area contributed by atoms with E-state index < -0.39 is 0 Å². The smallest absolute Gasteiger partial charge is 0.226 e. The molecule has 1 aromatic carbocycles. The second-order valence-electron chi connectivity index (χ2n) is 6.25. The van der Waals surface area contributed by atoms with Crippen molar-refractivity contribution in [3.8, 4) is 0 Å². The zero-order valence-corrected chi connectivity index (χ0v) is 12.1. The first-order valence-electron chi connectivity index (χ1n) is 7.07. The van der Waals surface area contributed by atoms with Crippen molar-refractivity contribution in [3.05, 3.63) is 29.8 Å². The summed E-state index contributed by atoms with van der Waals surface area (Å²) >= 11 is 0. The van der Waals surface area contributed by atoms with Crippen LogP contribution in [0.15, 0.2) is 24.3 Å². The maximum absolute atomic E-state index is 12.5. The van der Waals surface area contributed by atoms with Crippen LogP contribution in [0.4, 0.5) is 5.69 Å². The van der Waals surface area contributed by atoms with Crippen LogP contribution in [-0.4, -0.2) is 17.4 Å². The van der Waals surface area contributed by atoms with Crippen molar-refractivity contribution in [3.63, 3.8) is 0 Å². The lowest BCUT2D eigenvalue weighted by molar-refractivity contribution is -0.134. The first-order chi connectivity index (χ1) is 8.94. The van der Waals surface area contributed by atoms with Gasteiger partial charge in [0.15, 0.2) is 0 Å². The normalized spacial score (nSPS) is 20.1. The molecule has 1 aliphatic carbocycles. The van der Waals surface area contributed by atoms with E-state index in [4.69, 9.17) is 5.73 Å². The second kappa shape index (κ2) is 5.24. The summed E-state index contributed by atoms with van der Waals surface area (Å²) in [6, 6.07) is 7.80. The Balaban J connectivity index is 2.06. The van der Waals surface area contributed by atoms with Crippen molar-refractivity contribution >= 4 is 11.6 Å². The highest BCUT2D eigenvalue weighted by Gasteiger charge is 2.51. The summed E-state index contributed by atoms with van der Waals surface area (Å²) in [6.45, 7) is 7.93. The Hall–Kier alpha value is -1.51. The lowest BCUT2D eigenvalue weighted by atomic mass is 10.1. The minimum atomic E-state index is 0.193. The average Bonchev–Trinajstić information content (AvgIpc) is 2.97. The second-order valence-corrected chi connectivity index (χ2v) is 6.25. The molecule has 0 bridgehead atoms. The first-order valence-corrected chi connectivity index (χ1v) is 7.07. The Bertz CT molecular complexity index is 468. The van der Waals surface area contributed by atoms with Crippen LogP contribution in [0.5, 0.6) is 0 Å². The monoisotopic (exact) mass is 260 g/mol. The van der Waals surface area contributed by atoms with E-state index in [1.165, 1.54) is 0 Å². The van der Waals surface area contributed by atoms with Crippen molar-refractivity contribution in [1.29, 1.82) is 0 Å². The molecule has 0 aromatic heterocycles. The minimum Gasteiger partial charge on any atom is -0.399 e. The lowest BCUT2D eigenvalue weighted by Crippen LogP contribution is -2.33. The van der Waals surface area contributed by atoms with Crippen molar-refractivity contribution < 1.29 is 4.79 Å². The SMILES string of the molecule is CCCN(Cc1cccc(N)c1)C(=O)C1CC1(C)C. The van der Waals surface area contributed by atoms with Crippen molar-refractivity contribution in [2.24, 2.45) is 11.3 Å². The molecule has 0 aliphatic heterocycles. The fraction of sp³-hybridized carbons (Fsp3) is 0.562. The molecule has 2 N–H and O–H groups in total. The molecule has 2 rings (SSSR count). The molecule has 0 saturated heterocycles. The van der Waals surface area contributed by atoms with Crippen LogP contribution in [-0.2, 0) is 11.3 Å². The molecular formula is C16H24N2O. The number of anilines is 1. The molecular weight excluding hydrogens is 236 g/mol. The molecule has 3 heteroatoms. The maximum Gasteiger partial charge on any atom is 0.226 e. The van der Waals surface area contributed by atoms with Crippen molar-refractivity contribution in [2.75, 3.05) is 12.3 Å². The fourth-order valence-electron chi connectivity index (χ4n) is 2.56. The minimum absolute atomic E-state index is 0.193. The largest absolute Gasteiger partial charge is 0.399 e. The van der Waals surface area contributed by atoms with E-state index in [0.717, 1.165) is 30.6 Å². The predicted octanol–water partition coefficient (Wildman–Crippen LogP) is 3.05. The summed E-state index contributed by atoms with van der Waals surface area (Å²) in [5, 5.41) is 0. The molecule has 1 aromatic rings. The molecule has 104 valence electrons. The molecule has 1 amide bonds. The van der Waals surface area contributed by atoms with E-state index in [9.17, 15) is 4.79 Å². The molecule has 1 unspecified atom stereocenters. The van der Waals surface area contributed by atoms with Gasteiger partial charge in [-0.1, -0.05) is 32.9 Å². The van der Waals surface area contributed by atoms with E-state index in [-0.39, 0.29) is 11.3 Å². The van der Waals surface area contributed by atoms with Crippen LogP contribution >= 0.6 is 0 Å². The third-order valence-electron chi connectivity index (χ3n) is 3.94. The van der Waals surface area contributed by atoms with Gasteiger partial charge in [-0.25, -0.2) is 0 Å².